The van der Waals surface area contributed by atoms with Crippen LogP contribution in [0.15, 0.2) is 47.8 Å². The van der Waals surface area contributed by atoms with Crippen LogP contribution in [-0.2, 0) is 6.54 Å². The van der Waals surface area contributed by atoms with Crippen LogP contribution < -0.4 is 10.6 Å². The highest BCUT2D eigenvalue weighted by Crippen LogP contribution is 2.31. The summed E-state index contributed by atoms with van der Waals surface area (Å²) in [4.78, 5) is 26.3. The van der Waals surface area contributed by atoms with Crippen LogP contribution in [0.25, 0.3) is 0 Å². The molecular weight excluding hydrogens is 517 g/mol. The molecular formula is C24H25Cl3N3O3S+. The SMILES string of the molecule is C[N+](C)(CCCO)Cc1csc(C(=O)Nc2ccc(Cl)cc2C(=O)Nc2ccc(Cl)cc2)c1Cl. The van der Waals surface area contributed by atoms with E-state index in [1.165, 1.54) is 17.4 Å². The van der Waals surface area contributed by atoms with Crippen molar-refractivity contribution in [2.24, 2.45) is 0 Å². The van der Waals surface area contributed by atoms with Gasteiger partial charge in [-0.15, -0.1) is 11.3 Å². The third-order valence-corrected chi connectivity index (χ3v) is 7.16. The zero-order valence-corrected chi connectivity index (χ0v) is 21.8. The molecule has 6 nitrogen and oxygen atoms in total. The van der Waals surface area contributed by atoms with Crippen LogP contribution in [-0.4, -0.2) is 48.7 Å². The molecule has 10 heteroatoms. The van der Waals surface area contributed by atoms with E-state index in [4.69, 9.17) is 39.9 Å². The Hall–Kier alpha value is -2.13. The molecule has 3 rings (SSSR count). The van der Waals surface area contributed by atoms with Crippen LogP contribution >= 0.6 is 46.1 Å². The largest absolute Gasteiger partial charge is 0.396 e. The van der Waals surface area contributed by atoms with Gasteiger partial charge in [-0.05, 0) is 42.5 Å². The quantitative estimate of drug-likeness (QED) is 0.283. The molecule has 0 radical (unpaired) electrons. The number of carbonyl (C=O) groups is 2. The minimum absolute atomic E-state index is 0.127. The number of thiophene rings is 1. The Morgan fingerprint density at radius 3 is 2.32 bits per heavy atom. The molecule has 0 saturated carbocycles. The lowest BCUT2D eigenvalue weighted by Gasteiger charge is -2.29. The molecule has 0 saturated heterocycles. The summed E-state index contributed by atoms with van der Waals surface area (Å²) in [5.74, 6) is -0.842. The number of nitrogens with one attached hydrogen (secondary N) is 2. The number of quaternary nitrogens is 1. The third kappa shape index (κ3) is 6.95. The number of carbonyl (C=O) groups excluding carboxylic acids is 2. The molecule has 0 unspecified atom stereocenters. The van der Waals surface area contributed by atoms with Crippen molar-refractivity contribution in [2.75, 3.05) is 37.9 Å². The highest BCUT2D eigenvalue weighted by molar-refractivity contribution is 7.13. The van der Waals surface area contributed by atoms with Crippen LogP contribution in [0.1, 0.15) is 32.0 Å². The predicted octanol–water partition coefficient (Wildman–Crippen LogP) is 6.17. The number of benzene rings is 2. The van der Waals surface area contributed by atoms with Crippen LogP contribution in [0.4, 0.5) is 11.4 Å². The first kappa shape index (κ1) is 26.5. The number of rotatable bonds is 9. The number of anilines is 2. The van der Waals surface area contributed by atoms with Gasteiger partial charge in [0.25, 0.3) is 11.8 Å². The predicted molar refractivity (Wildman–Crippen MR) is 141 cm³/mol. The van der Waals surface area contributed by atoms with Crippen molar-refractivity contribution in [3.63, 3.8) is 0 Å². The summed E-state index contributed by atoms with van der Waals surface area (Å²) < 4.78 is 0.629. The van der Waals surface area contributed by atoms with Crippen molar-refractivity contribution in [1.82, 2.24) is 0 Å². The Balaban J connectivity index is 1.78. The van der Waals surface area contributed by atoms with Crippen LogP contribution in [0.2, 0.25) is 15.1 Å². The van der Waals surface area contributed by atoms with Gasteiger partial charge in [0.1, 0.15) is 11.4 Å². The van der Waals surface area contributed by atoms with E-state index in [0.717, 1.165) is 12.1 Å². The van der Waals surface area contributed by atoms with Gasteiger partial charge in [0.05, 0.1) is 36.9 Å². The molecule has 2 amide bonds. The fourth-order valence-corrected chi connectivity index (χ4v) is 4.94. The number of aliphatic hydroxyl groups is 1. The second kappa shape index (κ2) is 11.5. The monoisotopic (exact) mass is 540 g/mol. The number of aliphatic hydroxyl groups excluding tert-OH is 1. The summed E-state index contributed by atoms with van der Waals surface area (Å²) in [6.07, 6.45) is 0.680. The van der Waals surface area contributed by atoms with Gasteiger partial charge in [-0.2, -0.15) is 0 Å². The van der Waals surface area contributed by atoms with Gasteiger partial charge in [-0.1, -0.05) is 34.8 Å². The molecule has 34 heavy (non-hydrogen) atoms. The number of halogens is 3. The molecule has 1 aromatic heterocycles. The van der Waals surface area contributed by atoms with Gasteiger partial charge in [-0.25, -0.2) is 0 Å². The fraction of sp³-hybridized carbons (Fsp3) is 0.250. The maximum atomic E-state index is 13.0. The second-order valence-corrected chi connectivity index (χ2v) is 10.5. The second-order valence-electron chi connectivity index (χ2n) is 8.40. The summed E-state index contributed by atoms with van der Waals surface area (Å²) in [5, 5.41) is 17.8. The van der Waals surface area contributed by atoms with E-state index in [-0.39, 0.29) is 12.2 Å². The summed E-state index contributed by atoms with van der Waals surface area (Å²) in [5.41, 5.74) is 1.94. The molecule has 0 aliphatic rings. The van der Waals surface area contributed by atoms with Crippen LogP contribution in [0.5, 0.6) is 0 Å². The fourth-order valence-electron chi connectivity index (χ4n) is 3.40. The van der Waals surface area contributed by atoms with Crippen molar-refractivity contribution >= 4 is 69.3 Å². The average molecular weight is 542 g/mol. The standard InChI is InChI=1S/C24H24Cl3N3O3S/c1-30(2,10-3-11-31)13-15-14-34-22(21(15)27)24(33)29-20-9-6-17(26)12-19(20)23(32)28-18-7-4-16(25)5-8-18/h4-9,12,14,31H,3,10-11,13H2,1-2H3,(H-,28,29,32,33)/p+1. The zero-order valence-electron chi connectivity index (χ0n) is 18.7. The van der Waals surface area contributed by atoms with Crippen molar-refractivity contribution in [1.29, 1.82) is 0 Å². The highest BCUT2D eigenvalue weighted by atomic mass is 35.5. The maximum Gasteiger partial charge on any atom is 0.267 e. The number of nitrogens with zero attached hydrogens (tertiary/aromatic N) is 1. The molecule has 2 aromatic carbocycles. The Bertz CT molecular complexity index is 1180. The minimum atomic E-state index is -0.430. The first-order valence-electron chi connectivity index (χ1n) is 10.5. The lowest BCUT2D eigenvalue weighted by atomic mass is 10.1. The van der Waals surface area contributed by atoms with E-state index in [1.807, 2.05) is 19.5 Å². The van der Waals surface area contributed by atoms with E-state index in [2.05, 4.69) is 10.6 Å². The van der Waals surface area contributed by atoms with E-state index in [9.17, 15) is 9.59 Å². The van der Waals surface area contributed by atoms with Gasteiger partial charge < -0.3 is 20.2 Å². The van der Waals surface area contributed by atoms with E-state index in [0.29, 0.717) is 48.8 Å². The molecule has 3 N–H and O–H groups in total. The normalized spacial score (nSPS) is 11.4. The topological polar surface area (TPSA) is 78.4 Å². The summed E-state index contributed by atoms with van der Waals surface area (Å²) in [6.45, 7) is 1.53. The van der Waals surface area contributed by atoms with Crippen molar-refractivity contribution in [2.45, 2.75) is 13.0 Å². The van der Waals surface area contributed by atoms with Crippen LogP contribution in [0.3, 0.4) is 0 Å². The van der Waals surface area contributed by atoms with Gasteiger partial charge >= 0.3 is 0 Å². The van der Waals surface area contributed by atoms with E-state index in [1.54, 1.807) is 36.4 Å². The Morgan fingerprint density at radius 2 is 1.65 bits per heavy atom. The third-order valence-electron chi connectivity index (χ3n) is 5.10. The Morgan fingerprint density at radius 1 is 0.971 bits per heavy atom. The van der Waals surface area contributed by atoms with Gasteiger partial charge in [-0.3, -0.25) is 9.59 Å². The molecule has 0 aliphatic carbocycles. The average Bonchev–Trinajstić information content (AvgIpc) is 3.14. The van der Waals surface area contributed by atoms with E-state index >= 15 is 0 Å². The molecule has 0 aliphatic heterocycles. The molecule has 180 valence electrons. The minimum Gasteiger partial charge on any atom is -0.396 e. The summed E-state index contributed by atoms with van der Waals surface area (Å²) in [7, 11) is 4.09. The van der Waals surface area contributed by atoms with Crippen molar-refractivity contribution in [3.05, 3.63) is 78.9 Å². The first-order chi connectivity index (χ1) is 16.1. The lowest BCUT2D eigenvalue weighted by Crippen LogP contribution is -2.39. The highest BCUT2D eigenvalue weighted by Gasteiger charge is 2.24. The Kier molecular flexibility index (Phi) is 8.98. The summed E-state index contributed by atoms with van der Waals surface area (Å²) in [6, 6.07) is 11.3. The molecule has 1 heterocycles. The number of hydrogen-bond donors (Lipinski definition) is 3. The van der Waals surface area contributed by atoms with Gasteiger partial charge in [0.15, 0.2) is 0 Å². The molecule has 3 aromatic rings. The summed E-state index contributed by atoms with van der Waals surface area (Å²) >= 11 is 19.8. The van der Waals surface area contributed by atoms with Gasteiger partial charge in [0, 0.05) is 39.7 Å². The Labute approximate surface area is 217 Å². The molecule has 0 fully saturated rings. The lowest BCUT2D eigenvalue weighted by molar-refractivity contribution is -0.903. The van der Waals surface area contributed by atoms with Gasteiger partial charge in [0.2, 0.25) is 0 Å². The molecule has 0 bridgehead atoms. The van der Waals surface area contributed by atoms with Crippen molar-refractivity contribution in [3.8, 4) is 0 Å². The van der Waals surface area contributed by atoms with Crippen LogP contribution in [0, 0.1) is 0 Å². The molecule has 0 atom stereocenters. The number of hydrogen-bond acceptors (Lipinski definition) is 4. The number of amides is 2. The first-order valence-corrected chi connectivity index (χ1v) is 12.5. The smallest absolute Gasteiger partial charge is 0.267 e. The van der Waals surface area contributed by atoms with Crippen molar-refractivity contribution < 1.29 is 19.2 Å². The maximum absolute atomic E-state index is 13.0. The molecule has 0 spiro atoms. The zero-order chi connectivity index (χ0) is 24.9. The van der Waals surface area contributed by atoms with E-state index < -0.39 is 11.8 Å².